The minimum absolute atomic E-state index is 0.128. The fourth-order valence-electron chi connectivity index (χ4n) is 3.25. The number of hydrogen-bond acceptors (Lipinski definition) is 3. The molecule has 1 aromatic rings. The predicted octanol–water partition coefficient (Wildman–Crippen LogP) is 3.40. The number of likely N-dealkylation sites (tertiary alicyclic amines) is 1. The summed E-state index contributed by atoms with van der Waals surface area (Å²) in [5.41, 5.74) is 2.09. The van der Waals surface area contributed by atoms with E-state index in [4.69, 9.17) is 0 Å². The van der Waals surface area contributed by atoms with Crippen molar-refractivity contribution in [3.63, 3.8) is 0 Å². The Morgan fingerprint density at radius 2 is 1.78 bits per heavy atom. The standard InChI is InChI=1S/C18H24N2O2S/c1-14(21)19-10-6-15(7-11-19)17-12-16(13-23-17)18(22)20-8-4-2-3-5-9-20/h6,12-13H,2-5,7-11H2,1H3. The summed E-state index contributed by atoms with van der Waals surface area (Å²) < 4.78 is 0. The molecule has 2 aliphatic rings. The molecule has 0 N–H and O–H groups in total. The molecule has 1 aromatic heterocycles. The lowest BCUT2D eigenvalue weighted by Crippen LogP contribution is -2.32. The highest BCUT2D eigenvalue weighted by Gasteiger charge is 2.20. The summed E-state index contributed by atoms with van der Waals surface area (Å²) in [5, 5.41) is 1.99. The Balaban J connectivity index is 1.68. The highest BCUT2D eigenvalue weighted by atomic mass is 32.1. The van der Waals surface area contributed by atoms with Crippen molar-refractivity contribution in [2.45, 2.75) is 39.0 Å². The molecule has 0 aliphatic carbocycles. The monoisotopic (exact) mass is 332 g/mol. The molecular weight excluding hydrogens is 308 g/mol. The van der Waals surface area contributed by atoms with E-state index in [9.17, 15) is 9.59 Å². The molecule has 0 atom stereocenters. The summed E-state index contributed by atoms with van der Waals surface area (Å²) in [5.74, 6) is 0.305. The summed E-state index contributed by atoms with van der Waals surface area (Å²) in [6.07, 6.45) is 7.70. The van der Waals surface area contributed by atoms with Crippen LogP contribution in [0.4, 0.5) is 0 Å². The second-order valence-electron chi connectivity index (χ2n) is 6.35. The number of carbonyl (C=O) groups excluding carboxylic acids is 2. The molecule has 1 fully saturated rings. The first-order valence-electron chi connectivity index (χ1n) is 8.48. The molecule has 0 bridgehead atoms. The normalized spacial score (nSPS) is 19.3. The van der Waals surface area contributed by atoms with Crippen molar-refractivity contribution in [3.8, 4) is 0 Å². The Bertz CT molecular complexity index is 612. The fraction of sp³-hybridized carbons (Fsp3) is 0.556. The van der Waals surface area contributed by atoms with Crippen molar-refractivity contribution >= 4 is 28.7 Å². The zero-order chi connectivity index (χ0) is 16.2. The van der Waals surface area contributed by atoms with Gasteiger partial charge in [0.2, 0.25) is 5.91 Å². The molecule has 0 unspecified atom stereocenters. The molecule has 2 aliphatic heterocycles. The van der Waals surface area contributed by atoms with E-state index >= 15 is 0 Å². The Kier molecular flexibility index (Phi) is 5.16. The van der Waals surface area contributed by atoms with Crippen LogP contribution in [-0.4, -0.2) is 47.8 Å². The van der Waals surface area contributed by atoms with E-state index in [0.717, 1.165) is 44.5 Å². The first-order valence-corrected chi connectivity index (χ1v) is 9.36. The maximum atomic E-state index is 12.7. The second kappa shape index (κ2) is 7.30. The van der Waals surface area contributed by atoms with Gasteiger partial charge >= 0.3 is 0 Å². The van der Waals surface area contributed by atoms with Gasteiger partial charge in [-0.05, 0) is 30.9 Å². The van der Waals surface area contributed by atoms with Crippen LogP contribution in [-0.2, 0) is 4.79 Å². The molecule has 0 aromatic carbocycles. The molecule has 124 valence electrons. The first-order chi connectivity index (χ1) is 11.1. The molecule has 3 rings (SSSR count). The van der Waals surface area contributed by atoms with Crippen LogP contribution in [0.25, 0.3) is 5.57 Å². The zero-order valence-electron chi connectivity index (χ0n) is 13.7. The summed E-state index contributed by atoms with van der Waals surface area (Å²) in [7, 11) is 0. The minimum atomic E-state index is 0.128. The average Bonchev–Trinajstić information content (AvgIpc) is 2.90. The third-order valence-electron chi connectivity index (χ3n) is 4.71. The van der Waals surface area contributed by atoms with Crippen LogP contribution >= 0.6 is 11.3 Å². The van der Waals surface area contributed by atoms with Gasteiger partial charge in [-0.15, -0.1) is 11.3 Å². The van der Waals surface area contributed by atoms with Gasteiger partial charge in [0.25, 0.3) is 5.91 Å². The maximum absolute atomic E-state index is 12.7. The van der Waals surface area contributed by atoms with Crippen LogP contribution in [0.2, 0.25) is 0 Å². The lowest BCUT2D eigenvalue weighted by atomic mass is 10.1. The fourth-order valence-corrected chi connectivity index (χ4v) is 4.21. The van der Waals surface area contributed by atoms with Gasteiger partial charge in [0.1, 0.15) is 0 Å². The topological polar surface area (TPSA) is 40.6 Å². The van der Waals surface area contributed by atoms with Crippen molar-refractivity contribution in [1.82, 2.24) is 9.80 Å². The minimum Gasteiger partial charge on any atom is -0.339 e. The van der Waals surface area contributed by atoms with Crippen LogP contribution in [0.15, 0.2) is 17.5 Å². The number of carbonyl (C=O) groups is 2. The molecular formula is C18H24N2O2S. The molecule has 0 radical (unpaired) electrons. The SMILES string of the molecule is CC(=O)N1CC=C(c2cc(C(=O)N3CCCCCC3)cs2)CC1. The van der Waals surface area contributed by atoms with E-state index in [1.165, 1.54) is 23.3 Å². The summed E-state index contributed by atoms with van der Waals surface area (Å²) in [6.45, 7) is 4.84. The Hall–Kier alpha value is -1.62. The number of hydrogen-bond donors (Lipinski definition) is 0. The lowest BCUT2D eigenvalue weighted by molar-refractivity contribution is -0.128. The van der Waals surface area contributed by atoms with Crippen LogP contribution < -0.4 is 0 Å². The van der Waals surface area contributed by atoms with E-state index in [-0.39, 0.29) is 11.8 Å². The van der Waals surface area contributed by atoms with E-state index in [0.29, 0.717) is 6.54 Å². The molecule has 23 heavy (non-hydrogen) atoms. The predicted molar refractivity (Wildman–Crippen MR) is 93.5 cm³/mol. The summed E-state index contributed by atoms with van der Waals surface area (Å²) >= 11 is 1.64. The second-order valence-corrected chi connectivity index (χ2v) is 7.26. The van der Waals surface area contributed by atoms with Crippen molar-refractivity contribution in [1.29, 1.82) is 0 Å². The van der Waals surface area contributed by atoms with Crippen LogP contribution in [0.1, 0.15) is 54.3 Å². The van der Waals surface area contributed by atoms with Crippen LogP contribution in [0.5, 0.6) is 0 Å². The van der Waals surface area contributed by atoms with Gasteiger partial charge < -0.3 is 9.80 Å². The third-order valence-corrected chi connectivity index (χ3v) is 5.72. The van der Waals surface area contributed by atoms with Gasteiger partial charge in [0.15, 0.2) is 0 Å². The lowest BCUT2D eigenvalue weighted by Gasteiger charge is -2.24. The van der Waals surface area contributed by atoms with E-state index in [2.05, 4.69) is 6.08 Å². The van der Waals surface area contributed by atoms with Crippen LogP contribution in [0.3, 0.4) is 0 Å². The third kappa shape index (κ3) is 3.83. The molecule has 0 saturated carbocycles. The van der Waals surface area contributed by atoms with Gasteiger partial charge in [0.05, 0.1) is 5.56 Å². The number of amides is 2. The van der Waals surface area contributed by atoms with Crippen molar-refractivity contribution in [3.05, 3.63) is 28.0 Å². The highest BCUT2D eigenvalue weighted by Crippen LogP contribution is 2.29. The van der Waals surface area contributed by atoms with E-state index in [1.807, 2.05) is 21.2 Å². The summed E-state index contributed by atoms with van der Waals surface area (Å²) in [6, 6.07) is 2.03. The van der Waals surface area contributed by atoms with Crippen molar-refractivity contribution < 1.29 is 9.59 Å². The van der Waals surface area contributed by atoms with E-state index < -0.39 is 0 Å². The quantitative estimate of drug-likeness (QED) is 0.833. The molecule has 2 amide bonds. The largest absolute Gasteiger partial charge is 0.339 e. The number of thiophene rings is 1. The molecule has 5 heteroatoms. The smallest absolute Gasteiger partial charge is 0.254 e. The molecule has 3 heterocycles. The van der Waals surface area contributed by atoms with E-state index in [1.54, 1.807) is 18.3 Å². The van der Waals surface area contributed by atoms with Crippen LogP contribution in [0, 0.1) is 0 Å². The highest BCUT2D eigenvalue weighted by molar-refractivity contribution is 7.11. The number of nitrogens with zero attached hydrogens (tertiary/aromatic N) is 2. The van der Waals surface area contributed by atoms with Gasteiger partial charge in [-0.2, -0.15) is 0 Å². The van der Waals surface area contributed by atoms with Gasteiger partial charge in [-0.25, -0.2) is 0 Å². The van der Waals surface area contributed by atoms with Crippen molar-refractivity contribution in [2.24, 2.45) is 0 Å². The van der Waals surface area contributed by atoms with Crippen molar-refractivity contribution in [2.75, 3.05) is 26.2 Å². The molecule has 0 spiro atoms. The number of rotatable bonds is 2. The molecule has 1 saturated heterocycles. The molecule has 4 nitrogen and oxygen atoms in total. The van der Waals surface area contributed by atoms with Gasteiger partial charge in [-0.3, -0.25) is 9.59 Å². The van der Waals surface area contributed by atoms with Gasteiger partial charge in [0, 0.05) is 43.4 Å². The summed E-state index contributed by atoms with van der Waals surface area (Å²) in [4.78, 5) is 29.1. The average molecular weight is 332 g/mol. The zero-order valence-corrected chi connectivity index (χ0v) is 14.5. The Labute approximate surface area is 141 Å². The Morgan fingerprint density at radius 1 is 1.04 bits per heavy atom. The van der Waals surface area contributed by atoms with Gasteiger partial charge in [-0.1, -0.05) is 18.9 Å². The Morgan fingerprint density at radius 3 is 2.39 bits per heavy atom. The maximum Gasteiger partial charge on any atom is 0.254 e. The first kappa shape index (κ1) is 16.2.